The average molecular weight is 270 g/mol. The molecule has 2 aromatic rings. The monoisotopic (exact) mass is 269 g/mol. The van der Waals surface area contributed by atoms with E-state index in [1.165, 1.54) is 12.3 Å². The van der Waals surface area contributed by atoms with Crippen molar-refractivity contribution in [3.05, 3.63) is 46.6 Å². The molecule has 0 aliphatic rings. The molecule has 2 nitrogen and oxygen atoms in total. The van der Waals surface area contributed by atoms with Crippen LogP contribution in [0.4, 0.5) is 4.39 Å². The highest BCUT2D eigenvalue weighted by molar-refractivity contribution is 9.10. The minimum absolute atomic E-state index is 0.258. The maximum atomic E-state index is 13.5. The van der Waals surface area contributed by atoms with Crippen LogP contribution in [-0.2, 0) is 6.54 Å². The van der Waals surface area contributed by atoms with Crippen LogP contribution in [0.2, 0.25) is 0 Å². The highest BCUT2D eigenvalue weighted by atomic mass is 79.9. The van der Waals surface area contributed by atoms with Gasteiger partial charge in [-0.1, -0.05) is 15.9 Å². The minimum Gasteiger partial charge on any atom is -0.467 e. The van der Waals surface area contributed by atoms with Crippen molar-refractivity contribution in [3.8, 4) is 11.1 Å². The van der Waals surface area contributed by atoms with Crippen LogP contribution in [0.25, 0.3) is 11.1 Å². The van der Waals surface area contributed by atoms with E-state index in [-0.39, 0.29) is 12.4 Å². The molecule has 0 spiro atoms. The number of hydrogen-bond donors (Lipinski definition) is 1. The smallest absolute Gasteiger partial charge is 0.131 e. The van der Waals surface area contributed by atoms with Crippen molar-refractivity contribution in [2.24, 2.45) is 5.73 Å². The second kappa shape index (κ2) is 4.16. The van der Waals surface area contributed by atoms with Crippen LogP contribution >= 0.6 is 15.9 Å². The molecule has 1 heterocycles. The van der Waals surface area contributed by atoms with E-state index in [2.05, 4.69) is 15.9 Å². The average Bonchev–Trinajstić information content (AvgIpc) is 2.69. The summed E-state index contributed by atoms with van der Waals surface area (Å²) in [5.41, 5.74) is 6.70. The third kappa shape index (κ3) is 1.96. The summed E-state index contributed by atoms with van der Waals surface area (Å²) in [7, 11) is 0. The standard InChI is InChI=1S/C11H9BrFNO/c12-7-1-2-10(13)9(5-7)8-3-4-15-11(8)6-14/h1-5H,6,14H2. The Morgan fingerprint density at radius 1 is 1.27 bits per heavy atom. The predicted molar refractivity (Wildman–Crippen MR) is 59.7 cm³/mol. The third-order valence-electron chi connectivity index (χ3n) is 2.15. The molecule has 0 atom stereocenters. The lowest BCUT2D eigenvalue weighted by molar-refractivity contribution is 0.513. The molecule has 15 heavy (non-hydrogen) atoms. The van der Waals surface area contributed by atoms with Crippen LogP contribution in [0.1, 0.15) is 5.76 Å². The number of hydrogen-bond acceptors (Lipinski definition) is 2. The van der Waals surface area contributed by atoms with Crippen LogP contribution in [0, 0.1) is 5.82 Å². The summed E-state index contributed by atoms with van der Waals surface area (Å²) in [6, 6.07) is 6.49. The SMILES string of the molecule is NCc1occc1-c1cc(Br)ccc1F. The predicted octanol–water partition coefficient (Wildman–Crippen LogP) is 3.31. The van der Waals surface area contributed by atoms with E-state index in [1.54, 1.807) is 18.2 Å². The zero-order valence-electron chi connectivity index (χ0n) is 7.84. The normalized spacial score (nSPS) is 10.6. The highest BCUT2D eigenvalue weighted by Crippen LogP contribution is 2.29. The van der Waals surface area contributed by atoms with Gasteiger partial charge >= 0.3 is 0 Å². The molecule has 0 aliphatic carbocycles. The van der Waals surface area contributed by atoms with Crippen molar-refractivity contribution in [1.29, 1.82) is 0 Å². The van der Waals surface area contributed by atoms with Crippen molar-refractivity contribution in [2.75, 3.05) is 0 Å². The molecule has 2 N–H and O–H groups in total. The molecule has 0 saturated carbocycles. The van der Waals surface area contributed by atoms with E-state index in [4.69, 9.17) is 10.2 Å². The van der Waals surface area contributed by atoms with Crippen LogP contribution in [-0.4, -0.2) is 0 Å². The van der Waals surface area contributed by atoms with Crippen molar-refractivity contribution < 1.29 is 8.81 Å². The Morgan fingerprint density at radius 2 is 2.07 bits per heavy atom. The lowest BCUT2D eigenvalue weighted by atomic mass is 10.1. The maximum Gasteiger partial charge on any atom is 0.131 e. The van der Waals surface area contributed by atoms with Crippen LogP contribution in [0.5, 0.6) is 0 Å². The Bertz CT molecular complexity index is 481. The molecule has 2 rings (SSSR count). The van der Waals surface area contributed by atoms with E-state index in [9.17, 15) is 4.39 Å². The molecule has 0 amide bonds. The molecule has 0 saturated heterocycles. The van der Waals surface area contributed by atoms with Gasteiger partial charge in [0.15, 0.2) is 0 Å². The number of halogens is 2. The Morgan fingerprint density at radius 3 is 2.80 bits per heavy atom. The molecule has 0 unspecified atom stereocenters. The molecule has 0 aliphatic heterocycles. The molecule has 4 heteroatoms. The summed E-state index contributed by atoms with van der Waals surface area (Å²) >= 11 is 3.30. The first kappa shape index (κ1) is 10.4. The summed E-state index contributed by atoms with van der Waals surface area (Å²) in [5.74, 6) is 0.307. The van der Waals surface area contributed by atoms with Gasteiger partial charge in [0, 0.05) is 15.6 Å². The summed E-state index contributed by atoms with van der Waals surface area (Å²) in [5, 5.41) is 0. The van der Waals surface area contributed by atoms with Crippen molar-refractivity contribution in [3.63, 3.8) is 0 Å². The van der Waals surface area contributed by atoms with Gasteiger partial charge in [0.1, 0.15) is 11.6 Å². The van der Waals surface area contributed by atoms with Crippen molar-refractivity contribution >= 4 is 15.9 Å². The molecule has 1 aromatic heterocycles. The Labute approximate surface area is 95.0 Å². The van der Waals surface area contributed by atoms with Gasteiger partial charge in [0.25, 0.3) is 0 Å². The van der Waals surface area contributed by atoms with Gasteiger partial charge in [-0.2, -0.15) is 0 Å². The van der Waals surface area contributed by atoms with Gasteiger partial charge in [-0.25, -0.2) is 4.39 Å². The van der Waals surface area contributed by atoms with Gasteiger partial charge in [-0.05, 0) is 24.3 Å². The first-order chi connectivity index (χ1) is 7.22. The molecule has 0 radical (unpaired) electrons. The van der Waals surface area contributed by atoms with E-state index in [0.29, 0.717) is 16.9 Å². The number of furan rings is 1. The lowest BCUT2D eigenvalue weighted by Crippen LogP contribution is -1.96. The van der Waals surface area contributed by atoms with Gasteiger partial charge in [0.2, 0.25) is 0 Å². The maximum absolute atomic E-state index is 13.5. The number of benzene rings is 1. The molecular weight excluding hydrogens is 261 g/mol. The third-order valence-corrected chi connectivity index (χ3v) is 2.64. The molecule has 0 bridgehead atoms. The van der Waals surface area contributed by atoms with E-state index in [1.807, 2.05) is 0 Å². The minimum atomic E-state index is -0.283. The van der Waals surface area contributed by atoms with E-state index < -0.39 is 0 Å². The Balaban J connectivity index is 2.58. The second-order valence-corrected chi connectivity index (χ2v) is 4.00. The Kier molecular flexibility index (Phi) is 2.88. The molecule has 0 fully saturated rings. The summed E-state index contributed by atoms with van der Waals surface area (Å²) in [6.07, 6.45) is 1.51. The van der Waals surface area contributed by atoms with Gasteiger partial charge in [-0.3, -0.25) is 0 Å². The fourth-order valence-corrected chi connectivity index (χ4v) is 1.80. The summed E-state index contributed by atoms with van der Waals surface area (Å²) < 4.78 is 19.5. The fourth-order valence-electron chi connectivity index (χ4n) is 1.44. The first-order valence-electron chi connectivity index (χ1n) is 4.44. The highest BCUT2D eigenvalue weighted by Gasteiger charge is 2.11. The zero-order valence-corrected chi connectivity index (χ0v) is 9.42. The van der Waals surface area contributed by atoms with E-state index >= 15 is 0 Å². The van der Waals surface area contributed by atoms with Gasteiger partial charge in [-0.15, -0.1) is 0 Å². The van der Waals surface area contributed by atoms with Crippen molar-refractivity contribution in [1.82, 2.24) is 0 Å². The first-order valence-corrected chi connectivity index (χ1v) is 5.23. The largest absolute Gasteiger partial charge is 0.467 e. The van der Waals surface area contributed by atoms with Crippen LogP contribution < -0.4 is 5.73 Å². The number of rotatable bonds is 2. The molecule has 78 valence electrons. The molecule has 1 aromatic carbocycles. The topological polar surface area (TPSA) is 39.2 Å². The fraction of sp³-hybridized carbons (Fsp3) is 0.0909. The van der Waals surface area contributed by atoms with E-state index in [0.717, 1.165) is 4.47 Å². The lowest BCUT2D eigenvalue weighted by Gasteiger charge is -2.03. The summed E-state index contributed by atoms with van der Waals surface area (Å²) in [4.78, 5) is 0. The summed E-state index contributed by atoms with van der Waals surface area (Å²) in [6.45, 7) is 0.258. The van der Waals surface area contributed by atoms with Crippen molar-refractivity contribution in [2.45, 2.75) is 6.54 Å². The van der Waals surface area contributed by atoms with Gasteiger partial charge in [0.05, 0.1) is 12.8 Å². The van der Waals surface area contributed by atoms with Crippen LogP contribution in [0.3, 0.4) is 0 Å². The van der Waals surface area contributed by atoms with Crippen LogP contribution in [0.15, 0.2) is 39.4 Å². The Hall–Kier alpha value is -1.13. The quantitative estimate of drug-likeness (QED) is 0.909. The molecular formula is C11H9BrFNO. The zero-order chi connectivity index (χ0) is 10.8. The van der Waals surface area contributed by atoms with Gasteiger partial charge < -0.3 is 10.2 Å². The second-order valence-electron chi connectivity index (χ2n) is 3.09. The number of nitrogens with two attached hydrogens (primary N) is 1.